The van der Waals surface area contributed by atoms with Crippen LogP contribution >= 0.6 is 0 Å². The monoisotopic (exact) mass is 602 g/mol. The quantitative estimate of drug-likeness (QED) is 0.390. The Kier molecular flexibility index (Phi) is 6.27. The third-order valence-corrected chi connectivity index (χ3v) is 11.4. The maximum Gasteiger partial charge on any atom is 0.357 e. The average molecular weight is 603 g/mol. The first-order chi connectivity index (χ1) is 20.7. The Balaban J connectivity index is 1.34. The molecule has 44 heavy (non-hydrogen) atoms. The van der Waals surface area contributed by atoms with Gasteiger partial charge >= 0.3 is 5.97 Å². The predicted octanol–water partition coefficient (Wildman–Crippen LogP) is 4.89. The molecule has 4 aliphatic carbocycles. The topological polar surface area (TPSA) is 109 Å². The Morgan fingerprint density at radius 1 is 1.16 bits per heavy atom. The summed E-state index contributed by atoms with van der Waals surface area (Å²) in [5.41, 5.74) is -0.211. The van der Waals surface area contributed by atoms with Crippen molar-refractivity contribution in [2.24, 2.45) is 41.5 Å². The van der Waals surface area contributed by atoms with Crippen molar-refractivity contribution >= 4 is 11.8 Å². The van der Waals surface area contributed by atoms with Gasteiger partial charge in [0.25, 0.3) is 0 Å². The molecule has 2 heterocycles. The number of aryl methyl sites for hydroxylation is 1. The number of carbonyl (C=O) groups is 2. The molecule has 1 aromatic carbocycles. The molecule has 234 valence electrons. The van der Waals surface area contributed by atoms with Gasteiger partial charge in [0, 0.05) is 18.5 Å². The van der Waals surface area contributed by atoms with Crippen LogP contribution in [0, 0.1) is 34.5 Å². The van der Waals surface area contributed by atoms with E-state index in [2.05, 4.69) is 25.9 Å². The van der Waals surface area contributed by atoms with E-state index in [0.29, 0.717) is 22.8 Å². The number of esters is 1. The Bertz CT molecular complexity index is 1620. The lowest BCUT2D eigenvalue weighted by Crippen LogP contribution is -2.68. The smallest absolute Gasteiger partial charge is 0.357 e. The lowest BCUT2D eigenvalue weighted by Gasteiger charge is -2.52. The molecule has 1 aromatic heterocycles. The minimum atomic E-state index is -1.88. The maximum absolute atomic E-state index is 14.9. The molecule has 1 N–H and O–H groups in total. The molecule has 2 saturated carbocycles. The highest BCUT2D eigenvalue weighted by Crippen LogP contribution is 2.72. The third-order valence-electron chi connectivity index (χ3n) is 11.4. The highest BCUT2D eigenvalue weighted by molar-refractivity contribution is 5.97. The molecule has 9 nitrogen and oxygen atoms in total. The van der Waals surface area contributed by atoms with Gasteiger partial charge in [-0.2, -0.15) is 5.10 Å². The van der Waals surface area contributed by atoms with Crippen LogP contribution in [0.25, 0.3) is 11.1 Å². The molecule has 1 unspecified atom stereocenters. The molecule has 9 heteroatoms. The maximum atomic E-state index is 14.9. The van der Waals surface area contributed by atoms with Gasteiger partial charge in [0.1, 0.15) is 11.9 Å². The van der Waals surface area contributed by atoms with E-state index < -0.39 is 40.9 Å². The van der Waals surface area contributed by atoms with Crippen LogP contribution in [0.3, 0.4) is 0 Å². The Morgan fingerprint density at radius 3 is 2.55 bits per heavy atom. The number of ether oxygens (including phenoxy) is 4. The number of fused-ring (bicyclic) bond motifs is 5. The van der Waals surface area contributed by atoms with Crippen molar-refractivity contribution in [3.05, 3.63) is 59.5 Å². The summed E-state index contributed by atoms with van der Waals surface area (Å²) in [6, 6.07) is 7.35. The normalized spacial score (nSPS) is 37.8. The highest BCUT2D eigenvalue weighted by Gasteiger charge is 2.77. The fraction of sp³-hybridized carbons (Fsp3) is 0.571. The number of hydrogen-bond acceptors (Lipinski definition) is 8. The first-order valence-electron chi connectivity index (χ1n) is 15.5. The molecule has 8 atom stereocenters. The molecule has 7 rings (SSSR count). The van der Waals surface area contributed by atoms with Crippen molar-refractivity contribution in [2.45, 2.75) is 71.6 Å². The molecule has 5 aliphatic rings. The van der Waals surface area contributed by atoms with Gasteiger partial charge in [0.15, 0.2) is 29.0 Å². The van der Waals surface area contributed by atoms with Gasteiger partial charge in [-0.15, -0.1) is 0 Å². The zero-order chi connectivity index (χ0) is 31.6. The van der Waals surface area contributed by atoms with E-state index in [1.165, 1.54) is 4.68 Å². The Hall–Kier alpha value is -3.27. The van der Waals surface area contributed by atoms with Gasteiger partial charge in [-0.3, -0.25) is 9.48 Å². The summed E-state index contributed by atoms with van der Waals surface area (Å²) >= 11 is 0. The number of carbonyl (C=O) groups excluding carboxylic acids is 2. The van der Waals surface area contributed by atoms with Gasteiger partial charge in [-0.25, -0.2) is 4.79 Å². The first-order valence-corrected chi connectivity index (χ1v) is 15.5. The molecule has 1 spiro atoms. The van der Waals surface area contributed by atoms with Crippen LogP contribution in [-0.4, -0.2) is 64.0 Å². The van der Waals surface area contributed by atoms with Gasteiger partial charge in [0.05, 0.1) is 25.3 Å². The van der Waals surface area contributed by atoms with E-state index in [4.69, 9.17) is 18.9 Å². The number of nitrogens with zero attached hydrogens (tertiary/aromatic N) is 2. The van der Waals surface area contributed by atoms with Crippen molar-refractivity contribution in [3.8, 4) is 16.9 Å². The lowest BCUT2D eigenvalue weighted by atomic mass is 9.59. The van der Waals surface area contributed by atoms with Crippen LogP contribution < -0.4 is 4.74 Å². The number of benzene rings is 1. The first kappa shape index (κ1) is 29.4. The standard InChI is InChI=1S/C35H42N2O7/c1-18-15-34-19(2)13-25-26(32(25,3)4)23(28(34)38)14-21-17-42-33(5,6)44-30(21)35(34,40)29(18)43-31(39)27-24(16-36-37(27)7)20-9-11-22(41-8)12-10-20/h9-12,14-16,19,23,25-26,29-30,40H,13,17H2,1-8H3/t19-,23+,25-,26+,29+,30-,34+,35?/m1/s1. The van der Waals surface area contributed by atoms with E-state index >= 15 is 0 Å². The minimum Gasteiger partial charge on any atom is -0.497 e. The zero-order valence-electron chi connectivity index (χ0n) is 26.7. The molecule has 3 fully saturated rings. The Morgan fingerprint density at radius 2 is 1.86 bits per heavy atom. The van der Waals surface area contributed by atoms with Crippen LogP contribution in [-0.2, 0) is 26.1 Å². The van der Waals surface area contributed by atoms with Crippen LogP contribution in [0.5, 0.6) is 5.75 Å². The number of allylic oxidation sites excluding steroid dienone is 1. The number of ketones is 1. The second-order valence-corrected chi connectivity index (χ2v) is 14.5. The summed E-state index contributed by atoms with van der Waals surface area (Å²) in [5.74, 6) is -1.08. The average Bonchev–Trinajstić information content (AvgIpc) is 3.23. The van der Waals surface area contributed by atoms with Gasteiger partial charge in [0.2, 0.25) is 0 Å². The van der Waals surface area contributed by atoms with E-state index in [1.54, 1.807) is 34.2 Å². The van der Waals surface area contributed by atoms with E-state index in [1.807, 2.05) is 43.3 Å². The van der Waals surface area contributed by atoms with E-state index in [-0.39, 0.29) is 35.3 Å². The van der Waals surface area contributed by atoms with Crippen molar-refractivity contribution in [2.75, 3.05) is 13.7 Å². The largest absolute Gasteiger partial charge is 0.497 e. The Labute approximate surface area is 258 Å². The van der Waals surface area contributed by atoms with E-state index in [0.717, 1.165) is 17.6 Å². The van der Waals surface area contributed by atoms with Crippen LogP contribution in [0.2, 0.25) is 0 Å². The van der Waals surface area contributed by atoms with Crippen LogP contribution in [0.1, 0.15) is 58.5 Å². The van der Waals surface area contributed by atoms with Crippen molar-refractivity contribution < 1.29 is 33.6 Å². The fourth-order valence-electron chi connectivity index (χ4n) is 9.12. The number of aromatic nitrogens is 2. The molecule has 0 radical (unpaired) electrons. The highest BCUT2D eigenvalue weighted by atomic mass is 16.7. The summed E-state index contributed by atoms with van der Waals surface area (Å²) < 4.78 is 25.8. The van der Waals surface area contributed by atoms with Gasteiger partial charge in [-0.1, -0.05) is 45.1 Å². The second-order valence-electron chi connectivity index (χ2n) is 14.5. The third kappa shape index (κ3) is 3.78. The van der Waals surface area contributed by atoms with Crippen molar-refractivity contribution in [3.63, 3.8) is 0 Å². The number of Topliss-reactive ketones (excluding diaryl/α,β-unsaturated/α-hetero) is 1. The number of methoxy groups -OCH3 is 1. The number of hydrogen-bond donors (Lipinski definition) is 1. The van der Waals surface area contributed by atoms with Crippen LogP contribution in [0.15, 0.2) is 53.8 Å². The molecular weight excluding hydrogens is 560 g/mol. The van der Waals surface area contributed by atoms with Crippen molar-refractivity contribution in [1.29, 1.82) is 0 Å². The molecule has 2 aromatic rings. The molecular formula is C35H42N2O7. The summed E-state index contributed by atoms with van der Waals surface area (Å²) in [6.45, 7) is 12.2. The summed E-state index contributed by atoms with van der Waals surface area (Å²) in [6.07, 6.45) is 4.27. The molecule has 1 aliphatic heterocycles. The summed E-state index contributed by atoms with van der Waals surface area (Å²) in [4.78, 5) is 29.1. The zero-order valence-corrected chi connectivity index (χ0v) is 26.7. The summed E-state index contributed by atoms with van der Waals surface area (Å²) in [5, 5.41) is 17.7. The number of aliphatic hydroxyl groups is 1. The minimum absolute atomic E-state index is 0.0154. The number of rotatable bonds is 4. The molecule has 1 saturated heterocycles. The lowest BCUT2D eigenvalue weighted by molar-refractivity contribution is -0.302. The summed E-state index contributed by atoms with van der Waals surface area (Å²) in [7, 11) is 3.28. The van der Waals surface area contributed by atoms with Crippen molar-refractivity contribution in [1.82, 2.24) is 9.78 Å². The molecule has 0 amide bonds. The van der Waals surface area contributed by atoms with E-state index in [9.17, 15) is 14.7 Å². The SMILES string of the molecule is COc1ccc(-c2cnn(C)c2C(=O)O[C@H]2C(C)=C[C@]34C(=O)[C@@H](C=C5COC(C)(C)O[C@H]5C23O)[C@H]2[C@@H](C[C@H]4C)C2(C)C)cc1. The van der Waals surface area contributed by atoms with Crippen LogP contribution in [0.4, 0.5) is 0 Å². The van der Waals surface area contributed by atoms with Gasteiger partial charge < -0.3 is 24.1 Å². The fourth-order valence-corrected chi connectivity index (χ4v) is 9.12. The second kappa shape index (κ2) is 9.37. The van der Waals surface area contributed by atoms with Gasteiger partial charge in [-0.05, 0) is 79.2 Å². The predicted molar refractivity (Wildman–Crippen MR) is 162 cm³/mol. The molecule has 2 bridgehead atoms.